The molecular weight excluding hydrogens is 270 g/mol. The molecule has 2 heterocycles. The van der Waals surface area contributed by atoms with Crippen LogP contribution >= 0.6 is 0 Å². The summed E-state index contributed by atoms with van der Waals surface area (Å²) in [4.78, 5) is 33.1. The van der Waals surface area contributed by atoms with E-state index in [0.717, 1.165) is 5.69 Å². The molecule has 1 aliphatic heterocycles. The van der Waals surface area contributed by atoms with Gasteiger partial charge in [-0.3, -0.25) is 4.79 Å². The normalized spacial score (nSPS) is 17.3. The van der Waals surface area contributed by atoms with Gasteiger partial charge in [0.2, 0.25) is 0 Å². The summed E-state index contributed by atoms with van der Waals surface area (Å²) in [6.07, 6.45) is -0.402. The van der Waals surface area contributed by atoms with Gasteiger partial charge in [-0.1, -0.05) is 13.8 Å². The second-order valence-corrected chi connectivity index (χ2v) is 7.20. The molecule has 2 rings (SSSR count). The predicted octanol–water partition coefficient (Wildman–Crippen LogP) is 2.11. The Bertz CT molecular complexity index is 626. The monoisotopic (exact) mass is 293 g/mol. The van der Waals surface area contributed by atoms with Gasteiger partial charge in [0.1, 0.15) is 11.4 Å². The highest BCUT2D eigenvalue weighted by Gasteiger charge is 2.38. The van der Waals surface area contributed by atoms with Gasteiger partial charge in [-0.25, -0.2) is 9.78 Å². The third-order valence-corrected chi connectivity index (χ3v) is 3.36. The van der Waals surface area contributed by atoms with E-state index in [9.17, 15) is 9.59 Å². The highest BCUT2D eigenvalue weighted by molar-refractivity contribution is 5.69. The number of rotatable bonds is 0. The fraction of sp³-hybridized carbons (Fsp3) is 0.667. The maximum atomic E-state index is 12.3. The second kappa shape index (κ2) is 4.86. The van der Waals surface area contributed by atoms with Gasteiger partial charge in [-0.05, 0) is 27.7 Å². The van der Waals surface area contributed by atoms with Gasteiger partial charge in [0.25, 0.3) is 5.56 Å². The topological polar surface area (TPSA) is 75.3 Å². The quantitative estimate of drug-likeness (QED) is 0.795. The molecular formula is C15H23N3O3. The van der Waals surface area contributed by atoms with Gasteiger partial charge in [-0.2, -0.15) is 0 Å². The van der Waals surface area contributed by atoms with Gasteiger partial charge in [0.15, 0.2) is 0 Å². The van der Waals surface area contributed by atoms with Crippen LogP contribution in [0.4, 0.5) is 4.79 Å². The third kappa shape index (κ3) is 3.25. The number of aromatic amines is 1. The summed E-state index contributed by atoms with van der Waals surface area (Å²) < 4.78 is 5.40. The maximum Gasteiger partial charge on any atom is 0.410 e. The number of fused-ring (bicyclic) bond motifs is 1. The van der Waals surface area contributed by atoms with E-state index < -0.39 is 11.7 Å². The zero-order valence-corrected chi connectivity index (χ0v) is 13.5. The Morgan fingerprint density at radius 1 is 1.38 bits per heavy atom. The van der Waals surface area contributed by atoms with Crippen molar-refractivity contribution in [3.63, 3.8) is 0 Å². The average molecular weight is 293 g/mol. The molecule has 6 heteroatoms. The lowest BCUT2D eigenvalue weighted by Gasteiger charge is -2.38. The number of hydrogen-bond acceptors (Lipinski definition) is 4. The Morgan fingerprint density at radius 3 is 2.57 bits per heavy atom. The molecule has 0 fully saturated rings. The summed E-state index contributed by atoms with van der Waals surface area (Å²) in [5.41, 5.74) is 0.188. The van der Waals surface area contributed by atoms with E-state index in [0.29, 0.717) is 17.9 Å². The predicted molar refractivity (Wildman–Crippen MR) is 79.3 cm³/mol. The Labute approximate surface area is 124 Å². The van der Waals surface area contributed by atoms with Crippen LogP contribution in [-0.2, 0) is 16.7 Å². The van der Waals surface area contributed by atoms with Crippen molar-refractivity contribution in [3.05, 3.63) is 27.4 Å². The van der Waals surface area contributed by atoms with Crippen LogP contribution in [0.2, 0.25) is 0 Å². The number of H-pyrrole nitrogens is 1. The van der Waals surface area contributed by atoms with Crippen LogP contribution in [0.1, 0.15) is 51.7 Å². The van der Waals surface area contributed by atoms with Crippen LogP contribution < -0.4 is 5.56 Å². The largest absolute Gasteiger partial charge is 0.444 e. The van der Waals surface area contributed by atoms with Crippen molar-refractivity contribution >= 4 is 6.09 Å². The zero-order chi connectivity index (χ0) is 16.0. The minimum Gasteiger partial charge on any atom is -0.444 e. The number of ether oxygens (including phenoxy) is 1. The summed E-state index contributed by atoms with van der Waals surface area (Å²) in [6.45, 7) is 11.9. The smallest absolute Gasteiger partial charge is 0.410 e. The Kier molecular flexibility index (Phi) is 3.59. The third-order valence-electron chi connectivity index (χ3n) is 3.36. The summed E-state index contributed by atoms with van der Waals surface area (Å²) in [6, 6.07) is 0. The maximum absolute atomic E-state index is 12.3. The molecule has 0 saturated carbocycles. The summed E-state index contributed by atoms with van der Waals surface area (Å²) in [5, 5.41) is 0. The molecule has 0 spiro atoms. The van der Waals surface area contributed by atoms with Crippen LogP contribution in [-0.4, -0.2) is 33.1 Å². The van der Waals surface area contributed by atoms with Crippen molar-refractivity contribution in [1.82, 2.24) is 14.9 Å². The first kappa shape index (κ1) is 15.5. The number of hydrogen-bond donors (Lipinski definition) is 1. The molecule has 6 nitrogen and oxygen atoms in total. The fourth-order valence-corrected chi connectivity index (χ4v) is 2.57. The number of nitrogens with zero attached hydrogens (tertiary/aromatic N) is 2. The molecule has 116 valence electrons. The molecule has 1 aromatic rings. The molecule has 1 amide bonds. The highest BCUT2D eigenvalue weighted by Crippen LogP contribution is 2.30. The standard InChI is InChI=1S/C15H23N3O3/c1-9-16-11-10(12(19)17-9)7-18(8-15(11,5)6)13(20)21-14(2,3)4/h7-8H2,1-6H3,(H,16,17,19). The van der Waals surface area contributed by atoms with Crippen molar-refractivity contribution < 1.29 is 9.53 Å². The molecule has 0 atom stereocenters. The average Bonchev–Trinajstić information content (AvgIpc) is 2.27. The molecule has 1 aliphatic rings. The molecule has 0 saturated heterocycles. The molecule has 1 N–H and O–H groups in total. The molecule has 0 aromatic carbocycles. The van der Waals surface area contributed by atoms with Crippen molar-refractivity contribution in [2.75, 3.05) is 6.54 Å². The van der Waals surface area contributed by atoms with Crippen LogP contribution in [0.15, 0.2) is 4.79 Å². The molecule has 0 aliphatic carbocycles. The first-order valence-electron chi connectivity index (χ1n) is 7.08. The summed E-state index contributed by atoms with van der Waals surface area (Å²) in [5.74, 6) is 0.595. The van der Waals surface area contributed by atoms with Crippen molar-refractivity contribution in [1.29, 1.82) is 0 Å². The van der Waals surface area contributed by atoms with E-state index >= 15 is 0 Å². The van der Waals surface area contributed by atoms with Gasteiger partial charge in [0.05, 0.1) is 17.8 Å². The Balaban J connectivity index is 2.37. The van der Waals surface area contributed by atoms with E-state index in [4.69, 9.17) is 4.74 Å². The Morgan fingerprint density at radius 2 is 2.00 bits per heavy atom. The molecule has 1 aromatic heterocycles. The van der Waals surface area contributed by atoms with Crippen LogP contribution in [0.3, 0.4) is 0 Å². The van der Waals surface area contributed by atoms with Crippen LogP contribution in [0.25, 0.3) is 0 Å². The number of carbonyl (C=O) groups excluding carboxylic acids is 1. The molecule has 0 unspecified atom stereocenters. The van der Waals surface area contributed by atoms with Crippen molar-refractivity contribution in [2.24, 2.45) is 0 Å². The lowest BCUT2D eigenvalue weighted by molar-refractivity contribution is 0.0169. The number of aromatic nitrogens is 2. The van der Waals surface area contributed by atoms with Gasteiger partial charge < -0.3 is 14.6 Å². The Hall–Kier alpha value is -1.85. The lowest BCUT2D eigenvalue weighted by Crippen LogP contribution is -2.49. The van der Waals surface area contributed by atoms with E-state index in [1.54, 1.807) is 11.8 Å². The number of nitrogens with one attached hydrogen (secondary N) is 1. The second-order valence-electron chi connectivity index (χ2n) is 7.20. The minimum atomic E-state index is -0.556. The summed E-state index contributed by atoms with van der Waals surface area (Å²) in [7, 11) is 0. The molecule has 0 bridgehead atoms. The first-order valence-corrected chi connectivity index (χ1v) is 7.08. The van der Waals surface area contributed by atoms with E-state index in [1.165, 1.54) is 0 Å². The first-order chi connectivity index (χ1) is 9.49. The van der Waals surface area contributed by atoms with Crippen molar-refractivity contribution in [3.8, 4) is 0 Å². The zero-order valence-electron chi connectivity index (χ0n) is 13.5. The van der Waals surface area contributed by atoms with Gasteiger partial charge >= 0.3 is 6.09 Å². The molecule has 21 heavy (non-hydrogen) atoms. The minimum absolute atomic E-state index is 0.182. The van der Waals surface area contributed by atoms with E-state index in [1.807, 2.05) is 34.6 Å². The van der Waals surface area contributed by atoms with Gasteiger partial charge in [-0.15, -0.1) is 0 Å². The van der Waals surface area contributed by atoms with Crippen LogP contribution in [0.5, 0.6) is 0 Å². The summed E-state index contributed by atoms with van der Waals surface area (Å²) >= 11 is 0. The lowest BCUT2D eigenvalue weighted by atomic mass is 9.82. The van der Waals surface area contributed by atoms with Crippen LogP contribution in [0, 0.1) is 6.92 Å². The highest BCUT2D eigenvalue weighted by atomic mass is 16.6. The number of aryl methyl sites for hydroxylation is 1. The van der Waals surface area contributed by atoms with Crippen molar-refractivity contribution in [2.45, 2.75) is 59.1 Å². The SMILES string of the molecule is Cc1nc2c(c(=O)[nH]1)CN(C(=O)OC(C)(C)C)CC2(C)C. The number of amides is 1. The molecule has 0 radical (unpaired) electrons. The fourth-order valence-electron chi connectivity index (χ4n) is 2.57. The van der Waals surface area contributed by atoms with E-state index in [2.05, 4.69) is 9.97 Å². The number of carbonyl (C=O) groups is 1. The van der Waals surface area contributed by atoms with E-state index in [-0.39, 0.29) is 17.5 Å². The van der Waals surface area contributed by atoms with Gasteiger partial charge in [0, 0.05) is 12.0 Å².